The van der Waals surface area contributed by atoms with Crippen molar-refractivity contribution in [3.8, 4) is 11.5 Å². The van der Waals surface area contributed by atoms with E-state index in [9.17, 15) is 0 Å². The molecule has 0 spiro atoms. The Bertz CT molecular complexity index is 310. The lowest BCUT2D eigenvalue weighted by molar-refractivity contribution is 0.274. The van der Waals surface area contributed by atoms with Crippen LogP contribution in [0.25, 0.3) is 0 Å². The van der Waals surface area contributed by atoms with E-state index in [0.29, 0.717) is 13.0 Å². The van der Waals surface area contributed by atoms with Crippen molar-refractivity contribution in [1.82, 2.24) is 0 Å². The van der Waals surface area contributed by atoms with Gasteiger partial charge in [0.1, 0.15) is 0 Å². The first kappa shape index (κ1) is 12.8. The van der Waals surface area contributed by atoms with Crippen LogP contribution >= 0.6 is 0 Å². The van der Waals surface area contributed by atoms with Crippen LogP contribution in [0.15, 0.2) is 18.2 Å². The first-order valence-corrected chi connectivity index (χ1v) is 5.73. The Hall–Kier alpha value is -1.22. The van der Waals surface area contributed by atoms with Crippen LogP contribution in [0.1, 0.15) is 25.3 Å². The second-order valence-corrected chi connectivity index (χ2v) is 3.62. The zero-order valence-corrected chi connectivity index (χ0v) is 10.0. The molecule has 0 heterocycles. The van der Waals surface area contributed by atoms with Crippen molar-refractivity contribution in [2.24, 2.45) is 0 Å². The molecule has 3 heteroatoms. The average molecular weight is 224 g/mol. The molecule has 0 amide bonds. The first-order chi connectivity index (χ1) is 7.83. The molecule has 0 aliphatic rings. The van der Waals surface area contributed by atoms with Gasteiger partial charge in [-0.2, -0.15) is 0 Å². The summed E-state index contributed by atoms with van der Waals surface area (Å²) < 4.78 is 11.0. The van der Waals surface area contributed by atoms with Crippen LogP contribution in [0.5, 0.6) is 11.5 Å². The van der Waals surface area contributed by atoms with Crippen LogP contribution in [0, 0.1) is 0 Å². The third kappa shape index (κ3) is 3.42. The number of unbranched alkanes of at least 4 members (excludes halogenated alkanes) is 1. The highest BCUT2D eigenvalue weighted by atomic mass is 16.5. The minimum Gasteiger partial charge on any atom is -0.493 e. The lowest BCUT2D eigenvalue weighted by atomic mass is 10.1. The number of benzene rings is 1. The molecule has 0 fully saturated rings. The molecule has 0 bridgehead atoms. The molecule has 0 unspecified atom stereocenters. The van der Waals surface area contributed by atoms with Gasteiger partial charge in [-0.15, -0.1) is 0 Å². The largest absolute Gasteiger partial charge is 0.493 e. The fourth-order valence-electron chi connectivity index (χ4n) is 1.52. The summed E-state index contributed by atoms with van der Waals surface area (Å²) in [7, 11) is 1.63. The lowest BCUT2D eigenvalue weighted by Crippen LogP contribution is -2.03. The van der Waals surface area contributed by atoms with Crippen molar-refractivity contribution in [1.29, 1.82) is 0 Å². The molecule has 90 valence electrons. The maximum absolute atomic E-state index is 8.98. The molecular weight excluding hydrogens is 204 g/mol. The van der Waals surface area contributed by atoms with Gasteiger partial charge in [0.15, 0.2) is 11.5 Å². The molecule has 1 rings (SSSR count). The SMILES string of the molecule is CCCCOc1c(CCO)cccc1OC. The zero-order chi connectivity index (χ0) is 11.8. The van der Waals surface area contributed by atoms with Gasteiger partial charge in [-0.1, -0.05) is 25.5 Å². The fourth-order valence-corrected chi connectivity index (χ4v) is 1.52. The first-order valence-electron chi connectivity index (χ1n) is 5.73. The van der Waals surface area contributed by atoms with Crippen LogP contribution in [-0.2, 0) is 6.42 Å². The summed E-state index contributed by atoms with van der Waals surface area (Å²) >= 11 is 0. The molecule has 0 aromatic heterocycles. The number of hydrogen-bond acceptors (Lipinski definition) is 3. The number of rotatable bonds is 7. The van der Waals surface area contributed by atoms with Crippen LogP contribution in [0.2, 0.25) is 0 Å². The summed E-state index contributed by atoms with van der Waals surface area (Å²) in [5.41, 5.74) is 0.998. The molecule has 1 aromatic rings. The van der Waals surface area contributed by atoms with Crippen LogP contribution < -0.4 is 9.47 Å². The van der Waals surface area contributed by atoms with Crippen LogP contribution in [0.4, 0.5) is 0 Å². The monoisotopic (exact) mass is 224 g/mol. The predicted molar refractivity (Wildman–Crippen MR) is 64.2 cm³/mol. The van der Waals surface area contributed by atoms with Crippen molar-refractivity contribution in [2.75, 3.05) is 20.3 Å². The predicted octanol–water partition coefficient (Wildman–Crippen LogP) is 2.41. The molecule has 0 saturated carbocycles. The summed E-state index contributed by atoms with van der Waals surface area (Å²) in [4.78, 5) is 0. The Labute approximate surface area is 97.0 Å². The number of aliphatic hydroxyl groups excluding tert-OH is 1. The highest BCUT2D eigenvalue weighted by Gasteiger charge is 2.09. The number of aliphatic hydroxyl groups is 1. The molecule has 16 heavy (non-hydrogen) atoms. The van der Waals surface area contributed by atoms with Gasteiger partial charge < -0.3 is 14.6 Å². The van der Waals surface area contributed by atoms with E-state index in [1.807, 2.05) is 18.2 Å². The van der Waals surface area contributed by atoms with Gasteiger partial charge in [0.05, 0.1) is 13.7 Å². The molecule has 0 aliphatic heterocycles. The van der Waals surface area contributed by atoms with Gasteiger partial charge >= 0.3 is 0 Å². The highest BCUT2D eigenvalue weighted by Crippen LogP contribution is 2.31. The Morgan fingerprint density at radius 2 is 2.12 bits per heavy atom. The Kier molecular flexibility index (Phi) is 5.72. The number of para-hydroxylation sites is 1. The molecule has 1 N–H and O–H groups in total. The quantitative estimate of drug-likeness (QED) is 0.723. The van der Waals surface area contributed by atoms with E-state index in [2.05, 4.69) is 6.92 Å². The van der Waals surface area contributed by atoms with Gasteiger partial charge in [-0.25, -0.2) is 0 Å². The minimum absolute atomic E-state index is 0.122. The van der Waals surface area contributed by atoms with E-state index >= 15 is 0 Å². The molecule has 3 nitrogen and oxygen atoms in total. The second kappa shape index (κ2) is 7.12. The average Bonchev–Trinajstić information content (AvgIpc) is 2.31. The number of methoxy groups -OCH3 is 1. The minimum atomic E-state index is 0.122. The van der Waals surface area contributed by atoms with E-state index in [4.69, 9.17) is 14.6 Å². The van der Waals surface area contributed by atoms with Gasteiger partial charge in [-0.05, 0) is 18.9 Å². The van der Waals surface area contributed by atoms with Crippen molar-refractivity contribution in [2.45, 2.75) is 26.2 Å². The van der Waals surface area contributed by atoms with Crippen LogP contribution in [-0.4, -0.2) is 25.4 Å². The van der Waals surface area contributed by atoms with E-state index < -0.39 is 0 Å². The smallest absolute Gasteiger partial charge is 0.164 e. The van der Waals surface area contributed by atoms with Gasteiger partial charge in [0.2, 0.25) is 0 Å². The Balaban J connectivity index is 2.81. The van der Waals surface area contributed by atoms with Gasteiger partial charge in [0, 0.05) is 12.2 Å². The molecule has 0 radical (unpaired) electrons. The third-order valence-electron chi connectivity index (χ3n) is 2.41. The summed E-state index contributed by atoms with van der Waals surface area (Å²) in [6, 6.07) is 5.75. The summed E-state index contributed by atoms with van der Waals surface area (Å²) in [6.45, 7) is 2.94. The summed E-state index contributed by atoms with van der Waals surface area (Å²) in [5, 5.41) is 8.98. The maximum Gasteiger partial charge on any atom is 0.164 e. The molecule has 0 saturated heterocycles. The number of hydrogen-bond donors (Lipinski definition) is 1. The van der Waals surface area contributed by atoms with Crippen molar-refractivity contribution >= 4 is 0 Å². The maximum atomic E-state index is 8.98. The topological polar surface area (TPSA) is 38.7 Å². The normalized spacial score (nSPS) is 10.2. The van der Waals surface area contributed by atoms with E-state index in [-0.39, 0.29) is 6.61 Å². The Morgan fingerprint density at radius 1 is 1.31 bits per heavy atom. The van der Waals surface area contributed by atoms with Gasteiger partial charge in [0.25, 0.3) is 0 Å². The van der Waals surface area contributed by atoms with Crippen molar-refractivity contribution in [3.05, 3.63) is 23.8 Å². The standard InChI is InChI=1S/C13H20O3/c1-3-4-10-16-13-11(8-9-14)6-5-7-12(13)15-2/h5-7,14H,3-4,8-10H2,1-2H3. The zero-order valence-electron chi connectivity index (χ0n) is 10.0. The number of ether oxygens (including phenoxy) is 2. The van der Waals surface area contributed by atoms with Crippen LogP contribution in [0.3, 0.4) is 0 Å². The van der Waals surface area contributed by atoms with E-state index in [1.54, 1.807) is 7.11 Å². The van der Waals surface area contributed by atoms with Gasteiger partial charge in [-0.3, -0.25) is 0 Å². The third-order valence-corrected chi connectivity index (χ3v) is 2.41. The summed E-state index contributed by atoms with van der Waals surface area (Å²) in [5.74, 6) is 1.51. The van der Waals surface area contributed by atoms with E-state index in [0.717, 1.165) is 29.9 Å². The van der Waals surface area contributed by atoms with E-state index in [1.165, 1.54) is 0 Å². The fraction of sp³-hybridized carbons (Fsp3) is 0.538. The Morgan fingerprint density at radius 3 is 2.75 bits per heavy atom. The lowest BCUT2D eigenvalue weighted by Gasteiger charge is -2.14. The molecule has 0 aliphatic carbocycles. The second-order valence-electron chi connectivity index (χ2n) is 3.62. The molecule has 1 aromatic carbocycles. The molecule has 0 atom stereocenters. The molecular formula is C13H20O3. The summed E-state index contributed by atoms with van der Waals surface area (Å²) in [6.07, 6.45) is 2.72. The van der Waals surface area contributed by atoms with Crippen molar-refractivity contribution in [3.63, 3.8) is 0 Å². The highest BCUT2D eigenvalue weighted by molar-refractivity contribution is 5.46. The van der Waals surface area contributed by atoms with Crippen molar-refractivity contribution < 1.29 is 14.6 Å².